The van der Waals surface area contributed by atoms with Crippen LogP contribution in [0.3, 0.4) is 0 Å². The van der Waals surface area contributed by atoms with Gasteiger partial charge in [0.15, 0.2) is 5.13 Å². The SMILES string of the molecule is CC(=O)N1CC(Nc2cc(C(=O)NC[C@H](O)CN3CCc4nc(N)sc4C3)ncn2)C1. The number of carbonyl (C=O) groups excluding carboxylic acids is 2. The standard InChI is InChI=1S/C19H26N8O3S/c1-11(28)27-6-12(7-27)24-17-4-15(22-10-23-17)18(30)21-5-13(29)8-26-3-2-14-16(9-26)31-19(20)25-14/h4,10,12-13,29H,2-3,5-9H2,1H3,(H2,20,25)(H,21,30)(H,22,23,24)/t13-/m0/s1. The zero-order valence-corrected chi connectivity index (χ0v) is 18.1. The fraction of sp³-hybridized carbons (Fsp3) is 0.526. The second-order valence-corrected chi connectivity index (χ2v) is 8.94. The van der Waals surface area contributed by atoms with Crippen LogP contribution < -0.4 is 16.4 Å². The van der Waals surface area contributed by atoms with Crippen LogP contribution in [0, 0.1) is 0 Å². The highest BCUT2D eigenvalue weighted by molar-refractivity contribution is 7.15. The maximum absolute atomic E-state index is 12.4. The lowest BCUT2D eigenvalue weighted by molar-refractivity contribution is -0.132. The molecule has 2 aliphatic heterocycles. The molecule has 0 radical (unpaired) electrons. The van der Waals surface area contributed by atoms with Crippen molar-refractivity contribution in [2.75, 3.05) is 43.8 Å². The number of rotatable bonds is 7. The molecule has 0 bridgehead atoms. The van der Waals surface area contributed by atoms with Crippen molar-refractivity contribution in [1.82, 2.24) is 30.1 Å². The number of nitrogens with one attached hydrogen (secondary N) is 2. The molecule has 0 spiro atoms. The van der Waals surface area contributed by atoms with Crippen LogP contribution in [-0.2, 0) is 17.8 Å². The van der Waals surface area contributed by atoms with Crippen LogP contribution in [0.2, 0.25) is 0 Å². The second-order valence-electron chi connectivity index (χ2n) is 7.82. The molecule has 4 rings (SSSR count). The van der Waals surface area contributed by atoms with E-state index in [1.807, 2.05) is 0 Å². The van der Waals surface area contributed by atoms with E-state index >= 15 is 0 Å². The predicted molar refractivity (Wildman–Crippen MR) is 116 cm³/mol. The Labute approximate surface area is 183 Å². The van der Waals surface area contributed by atoms with Gasteiger partial charge in [0, 0.05) is 63.6 Å². The van der Waals surface area contributed by atoms with Crippen LogP contribution >= 0.6 is 11.3 Å². The van der Waals surface area contributed by atoms with E-state index in [9.17, 15) is 14.7 Å². The second kappa shape index (κ2) is 9.12. The first-order valence-electron chi connectivity index (χ1n) is 10.1. The Morgan fingerprint density at radius 2 is 2.19 bits per heavy atom. The van der Waals surface area contributed by atoms with Crippen LogP contribution in [-0.4, -0.2) is 86.5 Å². The van der Waals surface area contributed by atoms with Gasteiger partial charge in [-0.25, -0.2) is 15.0 Å². The Morgan fingerprint density at radius 3 is 2.97 bits per heavy atom. The van der Waals surface area contributed by atoms with Crippen molar-refractivity contribution in [2.24, 2.45) is 0 Å². The number of thiazole rings is 1. The number of aliphatic hydroxyl groups is 1. The molecule has 0 aliphatic carbocycles. The lowest BCUT2D eigenvalue weighted by atomic mass is 10.1. The van der Waals surface area contributed by atoms with E-state index in [4.69, 9.17) is 5.73 Å². The summed E-state index contributed by atoms with van der Waals surface area (Å²) in [5, 5.41) is 16.9. The highest BCUT2D eigenvalue weighted by atomic mass is 32.1. The maximum atomic E-state index is 12.4. The van der Waals surface area contributed by atoms with E-state index in [0.717, 1.165) is 23.5 Å². The Balaban J connectivity index is 1.23. The molecule has 2 aliphatic rings. The normalized spacial score (nSPS) is 17.5. The Kier molecular flexibility index (Phi) is 6.30. The largest absolute Gasteiger partial charge is 0.390 e. The van der Waals surface area contributed by atoms with Crippen molar-refractivity contribution in [3.8, 4) is 0 Å². The van der Waals surface area contributed by atoms with E-state index < -0.39 is 6.10 Å². The Morgan fingerprint density at radius 1 is 1.39 bits per heavy atom. The van der Waals surface area contributed by atoms with E-state index in [0.29, 0.717) is 37.1 Å². The van der Waals surface area contributed by atoms with Crippen LogP contribution in [0.15, 0.2) is 12.4 Å². The van der Waals surface area contributed by atoms with E-state index in [1.54, 1.807) is 11.0 Å². The minimum absolute atomic E-state index is 0.0422. The Bertz CT molecular complexity index is 961. The topological polar surface area (TPSA) is 150 Å². The molecule has 2 amide bonds. The fourth-order valence-corrected chi connectivity index (χ4v) is 4.61. The molecular formula is C19H26N8O3S. The summed E-state index contributed by atoms with van der Waals surface area (Å²) in [7, 11) is 0. The van der Waals surface area contributed by atoms with E-state index in [2.05, 4.69) is 30.5 Å². The third-order valence-corrected chi connectivity index (χ3v) is 6.28. The quantitative estimate of drug-likeness (QED) is 0.433. The van der Waals surface area contributed by atoms with Gasteiger partial charge < -0.3 is 26.4 Å². The molecule has 1 fully saturated rings. The smallest absolute Gasteiger partial charge is 0.270 e. The third kappa shape index (κ3) is 5.27. The summed E-state index contributed by atoms with van der Waals surface area (Å²) < 4.78 is 0. The molecule has 0 unspecified atom stereocenters. The number of fused-ring (bicyclic) bond motifs is 1. The average Bonchev–Trinajstić information content (AvgIpc) is 3.07. The molecule has 31 heavy (non-hydrogen) atoms. The molecule has 2 aromatic heterocycles. The summed E-state index contributed by atoms with van der Waals surface area (Å²) in [6.07, 6.45) is 1.42. The van der Waals surface area contributed by atoms with Crippen LogP contribution in [0.5, 0.6) is 0 Å². The van der Waals surface area contributed by atoms with Gasteiger partial charge in [0.2, 0.25) is 5.91 Å². The number of aromatic nitrogens is 3. The van der Waals surface area contributed by atoms with Crippen molar-refractivity contribution in [1.29, 1.82) is 0 Å². The number of anilines is 2. The molecule has 1 saturated heterocycles. The van der Waals surface area contributed by atoms with Crippen LogP contribution in [0.4, 0.5) is 10.9 Å². The number of hydrogen-bond acceptors (Lipinski definition) is 10. The van der Waals surface area contributed by atoms with Crippen LogP contribution in [0.25, 0.3) is 0 Å². The number of nitrogen functional groups attached to an aromatic ring is 1. The molecule has 11 nitrogen and oxygen atoms in total. The monoisotopic (exact) mass is 446 g/mol. The van der Waals surface area contributed by atoms with Crippen molar-refractivity contribution >= 4 is 34.1 Å². The molecule has 5 N–H and O–H groups in total. The molecule has 12 heteroatoms. The number of nitrogens with zero attached hydrogens (tertiary/aromatic N) is 5. The van der Waals surface area contributed by atoms with Gasteiger partial charge in [-0.15, -0.1) is 11.3 Å². The minimum atomic E-state index is -0.706. The van der Waals surface area contributed by atoms with Gasteiger partial charge in [-0.1, -0.05) is 0 Å². The molecule has 1 atom stereocenters. The van der Waals surface area contributed by atoms with Crippen LogP contribution in [0.1, 0.15) is 28.0 Å². The van der Waals surface area contributed by atoms with Gasteiger partial charge in [-0.05, 0) is 0 Å². The summed E-state index contributed by atoms with van der Waals surface area (Å²) in [5.74, 6) is 0.196. The molecular weight excluding hydrogens is 420 g/mol. The summed E-state index contributed by atoms with van der Waals surface area (Å²) in [6, 6.07) is 1.67. The summed E-state index contributed by atoms with van der Waals surface area (Å²) in [5.41, 5.74) is 7.03. The van der Waals surface area contributed by atoms with E-state index in [1.165, 1.54) is 24.6 Å². The highest BCUT2D eigenvalue weighted by Crippen LogP contribution is 2.26. The first kappa shape index (κ1) is 21.4. The summed E-state index contributed by atoms with van der Waals surface area (Å²) >= 11 is 1.48. The first-order chi connectivity index (χ1) is 14.9. The zero-order chi connectivity index (χ0) is 22.0. The maximum Gasteiger partial charge on any atom is 0.270 e. The summed E-state index contributed by atoms with van der Waals surface area (Å²) in [4.78, 5) is 41.2. The van der Waals surface area contributed by atoms with Gasteiger partial charge >= 0.3 is 0 Å². The average molecular weight is 447 g/mol. The molecule has 0 aromatic carbocycles. The Hall–Kier alpha value is -2.83. The molecule has 0 saturated carbocycles. The fourth-order valence-electron chi connectivity index (χ4n) is 3.68. The van der Waals surface area contributed by atoms with Gasteiger partial charge in [0.25, 0.3) is 5.91 Å². The number of aliphatic hydroxyl groups excluding tert-OH is 1. The first-order valence-corrected chi connectivity index (χ1v) is 11.0. The minimum Gasteiger partial charge on any atom is -0.390 e. The lowest BCUT2D eigenvalue weighted by Crippen LogP contribution is -2.56. The molecule has 4 heterocycles. The van der Waals surface area contributed by atoms with Gasteiger partial charge in [-0.2, -0.15) is 0 Å². The highest BCUT2D eigenvalue weighted by Gasteiger charge is 2.28. The van der Waals surface area contributed by atoms with Crippen molar-refractivity contribution in [3.05, 3.63) is 28.7 Å². The number of β-amino-alcohol motifs (C(OH)–C–C–N with tert-alkyl or cyclic N) is 1. The van der Waals surface area contributed by atoms with E-state index in [-0.39, 0.29) is 30.1 Å². The zero-order valence-electron chi connectivity index (χ0n) is 17.2. The predicted octanol–water partition coefficient (Wildman–Crippen LogP) is -0.693. The third-order valence-electron chi connectivity index (χ3n) is 5.37. The van der Waals surface area contributed by atoms with Gasteiger partial charge in [0.05, 0.1) is 17.8 Å². The van der Waals surface area contributed by atoms with Gasteiger partial charge in [0.1, 0.15) is 17.8 Å². The molecule has 166 valence electrons. The number of carbonyl (C=O) groups is 2. The molecule has 2 aromatic rings. The summed E-state index contributed by atoms with van der Waals surface area (Å²) in [6.45, 7) is 4.83. The van der Waals surface area contributed by atoms with Gasteiger partial charge in [-0.3, -0.25) is 14.5 Å². The van der Waals surface area contributed by atoms with Crippen molar-refractivity contribution in [3.63, 3.8) is 0 Å². The lowest BCUT2D eigenvalue weighted by Gasteiger charge is -2.39. The number of amides is 2. The van der Waals surface area contributed by atoms with Crippen molar-refractivity contribution < 1.29 is 14.7 Å². The van der Waals surface area contributed by atoms with Crippen molar-refractivity contribution in [2.45, 2.75) is 32.0 Å². The number of hydrogen-bond donors (Lipinski definition) is 4. The number of likely N-dealkylation sites (tertiary alicyclic amines) is 1. The number of nitrogens with two attached hydrogens (primary N) is 1.